The fourth-order valence-electron chi connectivity index (χ4n) is 2.80. The Morgan fingerprint density at radius 2 is 2.11 bits per heavy atom. The van der Waals surface area contributed by atoms with E-state index < -0.39 is 5.54 Å². The Kier molecular flexibility index (Phi) is 4.51. The van der Waals surface area contributed by atoms with E-state index in [-0.39, 0.29) is 5.97 Å². The van der Waals surface area contributed by atoms with Crippen LogP contribution in [0.1, 0.15) is 40.0 Å². The van der Waals surface area contributed by atoms with Crippen LogP contribution in [0.2, 0.25) is 0 Å². The molecule has 2 rings (SSSR count). The van der Waals surface area contributed by atoms with Crippen molar-refractivity contribution in [2.24, 2.45) is 11.8 Å². The van der Waals surface area contributed by atoms with Crippen LogP contribution in [-0.2, 0) is 9.53 Å². The van der Waals surface area contributed by atoms with Gasteiger partial charge in [0.2, 0.25) is 0 Å². The lowest BCUT2D eigenvalue weighted by molar-refractivity contribution is -0.151. The van der Waals surface area contributed by atoms with Crippen molar-refractivity contribution in [1.29, 1.82) is 0 Å². The first-order valence-corrected chi connectivity index (χ1v) is 7.58. The Bertz CT molecular complexity index is 330. The third-order valence-corrected chi connectivity index (χ3v) is 4.23. The van der Waals surface area contributed by atoms with Gasteiger partial charge in [0.1, 0.15) is 5.54 Å². The fraction of sp³-hybridized carbons (Fsp3) is 0.933. The van der Waals surface area contributed by atoms with Crippen molar-refractivity contribution in [3.05, 3.63) is 0 Å². The molecule has 0 aromatic heterocycles. The molecule has 110 valence electrons. The maximum absolute atomic E-state index is 12.2. The van der Waals surface area contributed by atoms with Crippen molar-refractivity contribution in [1.82, 2.24) is 10.2 Å². The summed E-state index contributed by atoms with van der Waals surface area (Å²) in [7, 11) is 2.11. The first kappa shape index (κ1) is 14.8. The van der Waals surface area contributed by atoms with Gasteiger partial charge in [-0.05, 0) is 52.0 Å². The molecule has 0 saturated heterocycles. The SMILES string of the molecule is CCOC(=O)C(C)(CN(C)CC1CC1C)NC1CC1. The highest BCUT2D eigenvalue weighted by atomic mass is 16.5. The molecule has 1 N–H and O–H groups in total. The molecule has 3 unspecified atom stereocenters. The van der Waals surface area contributed by atoms with Gasteiger partial charge < -0.3 is 9.64 Å². The van der Waals surface area contributed by atoms with E-state index in [2.05, 4.69) is 24.2 Å². The molecule has 0 aromatic carbocycles. The molecule has 0 spiro atoms. The van der Waals surface area contributed by atoms with Crippen molar-refractivity contribution in [3.63, 3.8) is 0 Å². The van der Waals surface area contributed by atoms with Gasteiger partial charge in [0.05, 0.1) is 6.61 Å². The van der Waals surface area contributed by atoms with Crippen molar-refractivity contribution < 1.29 is 9.53 Å². The molecule has 3 atom stereocenters. The molecule has 0 aromatic rings. The second kappa shape index (κ2) is 5.80. The summed E-state index contributed by atoms with van der Waals surface area (Å²) in [5, 5.41) is 3.47. The Labute approximate surface area is 116 Å². The van der Waals surface area contributed by atoms with Crippen molar-refractivity contribution in [2.75, 3.05) is 26.7 Å². The molecule has 0 bridgehead atoms. The lowest BCUT2D eigenvalue weighted by Gasteiger charge is -2.33. The summed E-state index contributed by atoms with van der Waals surface area (Å²) in [4.78, 5) is 14.5. The summed E-state index contributed by atoms with van der Waals surface area (Å²) >= 11 is 0. The normalized spacial score (nSPS) is 29.1. The molecule has 0 amide bonds. The largest absolute Gasteiger partial charge is 0.465 e. The van der Waals surface area contributed by atoms with Crippen LogP contribution in [0.25, 0.3) is 0 Å². The van der Waals surface area contributed by atoms with E-state index in [4.69, 9.17) is 4.74 Å². The Morgan fingerprint density at radius 3 is 2.58 bits per heavy atom. The minimum atomic E-state index is -0.565. The lowest BCUT2D eigenvalue weighted by Crippen LogP contribution is -2.58. The molecule has 0 radical (unpaired) electrons. The first-order valence-electron chi connectivity index (χ1n) is 7.58. The van der Waals surface area contributed by atoms with E-state index in [9.17, 15) is 4.79 Å². The van der Waals surface area contributed by atoms with Gasteiger partial charge in [-0.2, -0.15) is 0 Å². The van der Waals surface area contributed by atoms with Gasteiger partial charge in [-0.15, -0.1) is 0 Å². The highest BCUT2D eigenvalue weighted by Gasteiger charge is 2.41. The highest BCUT2D eigenvalue weighted by molar-refractivity contribution is 5.80. The molecular weight excluding hydrogens is 240 g/mol. The predicted octanol–water partition coefficient (Wildman–Crippen LogP) is 1.65. The number of carbonyl (C=O) groups excluding carboxylic acids is 1. The van der Waals surface area contributed by atoms with Crippen LogP contribution in [0, 0.1) is 11.8 Å². The highest BCUT2D eigenvalue weighted by Crippen LogP contribution is 2.38. The first-order chi connectivity index (χ1) is 8.94. The number of likely N-dealkylation sites (N-methyl/N-ethyl adjacent to an activating group) is 1. The molecule has 4 nitrogen and oxygen atoms in total. The lowest BCUT2D eigenvalue weighted by atomic mass is 10.0. The average Bonchev–Trinajstić information content (AvgIpc) is 3.21. The summed E-state index contributed by atoms with van der Waals surface area (Å²) < 4.78 is 5.25. The van der Waals surface area contributed by atoms with Gasteiger partial charge in [0.25, 0.3) is 0 Å². The summed E-state index contributed by atoms with van der Waals surface area (Å²) in [6.07, 6.45) is 3.69. The zero-order chi connectivity index (χ0) is 14.0. The minimum Gasteiger partial charge on any atom is -0.465 e. The van der Waals surface area contributed by atoms with Gasteiger partial charge in [-0.3, -0.25) is 10.1 Å². The molecule has 4 heteroatoms. The van der Waals surface area contributed by atoms with E-state index >= 15 is 0 Å². The zero-order valence-corrected chi connectivity index (χ0v) is 12.7. The molecular formula is C15H28N2O2. The quantitative estimate of drug-likeness (QED) is 0.680. The van der Waals surface area contributed by atoms with Gasteiger partial charge >= 0.3 is 5.97 Å². The maximum atomic E-state index is 12.2. The van der Waals surface area contributed by atoms with E-state index in [0.29, 0.717) is 12.6 Å². The third kappa shape index (κ3) is 4.18. The van der Waals surface area contributed by atoms with Crippen LogP contribution in [0.15, 0.2) is 0 Å². The zero-order valence-electron chi connectivity index (χ0n) is 12.7. The number of nitrogens with zero attached hydrogens (tertiary/aromatic N) is 1. The molecule has 2 fully saturated rings. The Hall–Kier alpha value is -0.610. The van der Waals surface area contributed by atoms with Crippen molar-refractivity contribution >= 4 is 5.97 Å². The topological polar surface area (TPSA) is 41.6 Å². The van der Waals surface area contributed by atoms with Crippen LogP contribution in [0.5, 0.6) is 0 Å². The van der Waals surface area contributed by atoms with E-state index in [1.54, 1.807) is 0 Å². The Balaban J connectivity index is 1.89. The second-order valence-electron chi connectivity index (χ2n) is 6.64. The summed E-state index contributed by atoms with van der Waals surface area (Å²) in [6.45, 7) is 8.41. The van der Waals surface area contributed by atoms with Crippen LogP contribution in [0.4, 0.5) is 0 Å². The number of esters is 1. The summed E-state index contributed by atoms with van der Waals surface area (Å²) in [5.41, 5.74) is -0.565. The molecule has 0 heterocycles. The van der Waals surface area contributed by atoms with Gasteiger partial charge in [-0.1, -0.05) is 6.92 Å². The minimum absolute atomic E-state index is 0.113. The smallest absolute Gasteiger partial charge is 0.327 e. The van der Waals surface area contributed by atoms with Crippen LogP contribution in [0.3, 0.4) is 0 Å². The average molecular weight is 268 g/mol. The number of carbonyl (C=O) groups is 1. The molecule has 0 aliphatic heterocycles. The molecule has 19 heavy (non-hydrogen) atoms. The van der Waals surface area contributed by atoms with Crippen LogP contribution in [-0.4, -0.2) is 49.2 Å². The second-order valence-corrected chi connectivity index (χ2v) is 6.64. The number of hydrogen-bond donors (Lipinski definition) is 1. The van der Waals surface area contributed by atoms with Gasteiger partial charge in [0, 0.05) is 19.1 Å². The third-order valence-electron chi connectivity index (χ3n) is 4.23. The molecule has 2 saturated carbocycles. The number of ether oxygens (including phenoxy) is 1. The number of nitrogens with one attached hydrogen (secondary N) is 1. The van der Waals surface area contributed by atoms with Gasteiger partial charge in [-0.25, -0.2) is 0 Å². The van der Waals surface area contributed by atoms with Crippen molar-refractivity contribution in [3.8, 4) is 0 Å². The maximum Gasteiger partial charge on any atom is 0.327 e. The number of hydrogen-bond acceptors (Lipinski definition) is 4. The Morgan fingerprint density at radius 1 is 1.47 bits per heavy atom. The summed E-state index contributed by atoms with van der Waals surface area (Å²) in [6, 6.07) is 0.502. The van der Waals surface area contributed by atoms with E-state index in [1.807, 2.05) is 13.8 Å². The van der Waals surface area contributed by atoms with Gasteiger partial charge in [0.15, 0.2) is 0 Å². The standard InChI is InChI=1S/C15H28N2O2/c1-5-19-14(18)15(3,16-13-6-7-13)10-17(4)9-12-8-11(12)2/h11-13,16H,5-10H2,1-4H3. The monoisotopic (exact) mass is 268 g/mol. The fourth-order valence-corrected chi connectivity index (χ4v) is 2.80. The van der Waals surface area contributed by atoms with Crippen LogP contribution < -0.4 is 5.32 Å². The van der Waals surface area contributed by atoms with E-state index in [1.165, 1.54) is 19.3 Å². The van der Waals surface area contributed by atoms with E-state index in [0.717, 1.165) is 24.9 Å². The number of rotatable bonds is 8. The summed E-state index contributed by atoms with van der Waals surface area (Å²) in [5.74, 6) is 1.56. The predicted molar refractivity (Wildman–Crippen MR) is 76.0 cm³/mol. The molecule has 2 aliphatic carbocycles. The molecule has 2 aliphatic rings. The van der Waals surface area contributed by atoms with Crippen molar-refractivity contribution in [2.45, 2.75) is 51.6 Å². The van der Waals surface area contributed by atoms with Crippen LogP contribution >= 0.6 is 0 Å².